The number of rotatable bonds is 4. The molecular formula is C12H17N3O2. The number of carbonyl (C=O) groups is 2. The van der Waals surface area contributed by atoms with Crippen molar-refractivity contribution in [2.75, 3.05) is 0 Å². The SMILES string of the molecule is C[C@@H](N[C@H](C)c1ccccc1)C(=O)NC(N)=O. The van der Waals surface area contributed by atoms with E-state index in [0.29, 0.717) is 0 Å². The molecule has 4 N–H and O–H groups in total. The minimum absolute atomic E-state index is 0.0184. The second kappa shape index (κ2) is 6.00. The standard InChI is InChI=1S/C12H17N3O2/c1-8(10-6-4-3-5-7-10)14-9(2)11(16)15-12(13)17/h3-9,14H,1-2H3,(H3,13,15,16,17)/t8-,9-/m1/s1. The van der Waals surface area contributed by atoms with E-state index in [4.69, 9.17) is 5.73 Å². The van der Waals surface area contributed by atoms with E-state index in [-0.39, 0.29) is 6.04 Å². The van der Waals surface area contributed by atoms with Gasteiger partial charge in [0.2, 0.25) is 5.91 Å². The number of nitrogens with two attached hydrogens (primary N) is 1. The van der Waals surface area contributed by atoms with E-state index in [0.717, 1.165) is 5.56 Å². The quantitative estimate of drug-likeness (QED) is 0.725. The van der Waals surface area contributed by atoms with Crippen molar-refractivity contribution in [1.29, 1.82) is 0 Å². The minimum atomic E-state index is -0.837. The van der Waals surface area contributed by atoms with Gasteiger partial charge in [0.05, 0.1) is 6.04 Å². The molecule has 17 heavy (non-hydrogen) atoms. The van der Waals surface area contributed by atoms with Gasteiger partial charge in [-0.05, 0) is 19.4 Å². The Hall–Kier alpha value is -1.88. The Bertz CT molecular complexity index is 392. The molecule has 0 heterocycles. The zero-order valence-electron chi connectivity index (χ0n) is 9.94. The van der Waals surface area contributed by atoms with Crippen LogP contribution in [0.3, 0.4) is 0 Å². The first kappa shape index (κ1) is 13.2. The van der Waals surface area contributed by atoms with Crippen molar-refractivity contribution in [3.05, 3.63) is 35.9 Å². The van der Waals surface area contributed by atoms with Gasteiger partial charge in [-0.3, -0.25) is 15.4 Å². The molecule has 0 saturated heterocycles. The highest BCUT2D eigenvalue weighted by atomic mass is 16.2. The molecule has 5 nitrogen and oxygen atoms in total. The summed E-state index contributed by atoms with van der Waals surface area (Å²) in [5, 5.41) is 5.12. The van der Waals surface area contributed by atoms with Crippen molar-refractivity contribution in [3.8, 4) is 0 Å². The van der Waals surface area contributed by atoms with Crippen molar-refractivity contribution in [2.45, 2.75) is 25.9 Å². The fraction of sp³-hybridized carbons (Fsp3) is 0.333. The van der Waals surface area contributed by atoms with Crippen LogP contribution in [0.4, 0.5) is 4.79 Å². The maximum Gasteiger partial charge on any atom is 0.318 e. The van der Waals surface area contributed by atoms with Crippen molar-refractivity contribution in [2.24, 2.45) is 5.73 Å². The van der Waals surface area contributed by atoms with Crippen LogP contribution < -0.4 is 16.4 Å². The Morgan fingerprint density at radius 2 is 1.76 bits per heavy atom. The number of nitrogens with one attached hydrogen (secondary N) is 2. The lowest BCUT2D eigenvalue weighted by molar-refractivity contribution is -0.121. The summed E-state index contributed by atoms with van der Waals surface area (Å²) in [6.07, 6.45) is 0. The molecule has 0 aromatic heterocycles. The van der Waals surface area contributed by atoms with Gasteiger partial charge in [-0.25, -0.2) is 4.79 Å². The van der Waals surface area contributed by atoms with Gasteiger partial charge in [-0.1, -0.05) is 30.3 Å². The Balaban J connectivity index is 2.54. The van der Waals surface area contributed by atoms with E-state index in [1.807, 2.05) is 42.6 Å². The third kappa shape index (κ3) is 4.24. The molecule has 0 radical (unpaired) electrons. The van der Waals surface area contributed by atoms with Crippen LogP contribution in [-0.2, 0) is 4.79 Å². The molecule has 0 spiro atoms. The van der Waals surface area contributed by atoms with Crippen LogP contribution in [0.15, 0.2) is 30.3 Å². The second-order valence-electron chi connectivity index (χ2n) is 3.87. The van der Waals surface area contributed by atoms with Crippen molar-refractivity contribution < 1.29 is 9.59 Å². The first-order valence-electron chi connectivity index (χ1n) is 5.42. The molecule has 0 aliphatic carbocycles. The molecule has 0 unspecified atom stereocenters. The molecule has 0 aliphatic rings. The van der Waals surface area contributed by atoms with Crippen LogP contribution in [0.5, 0.6) is 0 Å². The maximum absolute atomic E-state index is 11.4. The number of urea groups is 1. The number of hydrogen-bond acceptors (Lipinski definition) is 3. The predicted molar refractivity (Wildman–Crippen MR) is 65.2 cm³/mol. The van der Waals surface area contributed by atoms with Crippen molar-refractivity contribution in [3.63, 3.8) is 0 Å². The predicted octanol–water partition coefficient (Wildman–Crippen LogP) is 0.921. The molecule has 5 heteroatoms. The highest BCUT2D eigenvalue weighted by Crippen LogP contribution is 2.11. The Morgan fingerprint density at radius 3 is 2.29 bits per heavy atom. The Labute approximate surface area is 100 Å². The van der Waals surface area contributed by atoms with Crippen molar-refractivity contribution in [1.82, 2.24) is 10.6 Å². The monoisotopic (exact) mass is 235 g/mol. The summed E-state index contributed by atoms with van der Waals surface area (Å²) in [6.45, 7) is 3.63. The van der Waals surface area contributed by atoms with Crippen molar-refractivity contribution >= 4 is 11.9 Å². The van der Waals surface area contributed by atoms with E-state index in [9.17, 15) is 9.59 Å². The molecule has 3 amide bonds. The van der Waals surface area contributed by atoms with Crippen LogP contribution in [0.1, 0.15) is 25.5 Å². The fourth-order valence-corrected chi connectivity index (χ4v) is 1.52. The van der Waals surface area contributed by atoms with Gasteiger partial charge in [0.25, 0.3) is 0 Å². The number of imide groups is 1. The van der Waals surface area contributed by atoms with Gasteiger partial charge >= 0.3 is 6.03 Å². The summed E-state index contributed by atoms with van der Waals surface area (Å²) in [7, 11) is 0. The Kier molecular flexibility index (Phi) is 4.66. The largest absolute Gasteiger partial charge is 0.351 e. The molecular weight excluding hydrogens is 218 g/mol. The van der Waals surface area contributed by atoms with Gasteiger partial charge in [-0.2, -0.15) is 0 Å². The van der Waals surface area contributed by atoms with E-state index >= 15 is 0 Å². The zero-order valence-corrected chi connectivity index (χ0v) is 9.94. The maximum atomic E-state index is 11.4. The lowest BCUT2D eigenvalue weighted by Gasteiger charge is -2.19. The van der Waals surface area contributed by atoms with Crippen LogP contribution >= 0.6 is 0 Å². The van der Waals surface area contributed by atoms with E-state index in [2.05, 4.69) is 5.32 Å². The third-order valence-electron chi connectivity index (χ3n) is 2.44. The van der Waals surface area contributed by atoms with Gasteiger partial charge in [0, 0.05) is 6.04 Å². The molecule has 1 aromatic carbocycles. The third-order valence-corrected chi connectivity index (χ3v) is 2.44. The summed E-state index contributed by atoms with van der Waals surface area (Å²) in [5.41, 5.74) is 5.95. The van der Waals surface area contributed by atoms with Crippen LogP contribution in [0.2, 0.25) is 0 Å². The molecule has 0 bridgehead atoms. The smallest absolute Gasteiger partial charge is 0.318 e. The molecule has 1 aromatic rings. The molecule has 0 fully saturated rings. The highest BCUT2D eigenvalue weighted by Gasteiger charge is 2.16. The lowest BCUT2D eigenvalue weighted by Crippen LogP contribution is -2.47. The summed E-state index contributed by atoms with van der Waals surface area (Å²) < 4.78 is 0. The van der Waals surface area contributed by atoms with Crippen LogP contribution in [0.25, 0.3) is 0 Å². The average Bonchev–Trinajstić information content (AvgIpc) is 2.29. The van der Waals surface area contributed by atoms with E-state index < -0.39 is 18.0 Å². The summed E-state index contributed by atoms with van der Waals surface area (Å²) >= 11 is 0. The minimum Gasteiger partial charge on any atom is -0.351 e. The number of primary amides is 1. The number of amides is 3. The number of carbonyl (C=O) groups excluding carboxylic acids is 2. The lowest BCUT2D eigenvalue weighted by atomic mass is 10.1. The summed E-state index contributed by atoms with van der Waals surface area (Å²) in [6, 6.07) is 8.42. The second-order valence-corrected chi connectivity index (χ2v) is 3.87. The van der Waals surface area contributed by atoms with Gasteiger partial charge in [-0.15, -0.1) is 0 Å². The summed E-state index contributed by atoms with van der Waals surface area (Å²) in [5.74, 6) is -0.430. The van der Waals surface area contributed by atoms with E-state index in [1.54, 1.807) is 6.92 Å². The highest BCUT2D eigenvalue weighted by molar-refractivity contribution is 5.96. The van der Waals surface area contributed by atoms with Crippen LogP contribution in [0, 0.1) is 0 Å². The molecule has 0 aliphatic heterocycles. The molecule has 1 rings (SSSR count). The molecule has 92 valence electrons. The van der Waals surface area contributed by atoms with Gasteiger partial charge in [0.1, 0.15) is 0 Å². The van der Waals surface area contributed by atoms with Crippen LogP contribution in [-0.4, -0.2) is 18.0 Å². The Morgan fingerprint density at radius 1 is 1.18 bits per heavy atom. The first-order valence-corrected chi connectivity index (χ1v) is 5.42. The number of hydrogen-bond donors (Lipinski definition) is 3. The van der Waals surface area contributed by atoms with Gasteiger partial charge in [0.15, 0.2) is 0 Å². The van der Waals surface area contributed by atoms with Gasteiger partial charge < -0.3 is 5.73 Å². The normalized spacial score (nSPS) is 13.8. The number of benzene rings is 1. The fourth-order valence-electron chi connectivity index (χ4n) is 1.52. The zero-order chi connectivity index (χ0) is 12.8. The topological polar surface area (TPSA) is 84.2 Å². The summed E-state index contributed by atoms with van der Waals surface area (Å²) in [4.78, 5) is 22.0. The molecule has 0 saturated carbocycles. The molecule has 2 atom stereocenters. The van der Waals surface area contributed by atoms with E-state index in [1.165, 1.54) is 0 Å². The first-order chi connectivity index (χ1) is 8.00. The average molecular weight is 235 g/mol.